The number of carbonyl (C=O) groups excluding carboxylic acids is 1. The smallest absolute Gasteiger partial charge is 0.331 e. The first-order valence-electron chi connectivity index (χ1n) is 10.7. The number of aromatic nitrogens is 1. The predicted molar refractivity (Wildman–Crippen MR) is 108 cm³/mol. The average Bonchev–Trinajstić information content (AvgIpc) is 3.36. The first kappa shape index (κ1) is 16.8. The van der Waals surface area contributed by atoms with Crippen LogP contribution in [0.25, 0.3) is 10.9 Å². The number of H-pyrrole nitrogens is 1. The molecule has 5 heteroatoms. The Morgan fingerprint density at radius 1 is 1.29 bits per heavy atom. The maximum atomic E-state index is 12.1. The van der Waals surface area contributed by atoms with E-state index in [0.29, 0.717) is 18.1 Å². The van der Waals surface area contributed by atoms with Crippen molar-refractivity contribution in [2.75, 3.05) is 13.1 Å². The van der Waals surface area contributed by atoms with Crippen LogP contribution in [-0.2, 0) is 16.0 Å². The third-order valence-electron chi connectivity index (χ3n) is 7.52. The third kappa shape index (κ3) is 2.36. The van der Waals surface area contributed by atoms with Gasteiger partial charge in [0.05, 0.1) is 6.04 Å². The van der Waals surface area contributed by atoms with E-state index in [2.05, 4.69) is 45.7 Å². The van der Waals surface area contributed by atoms with Gasteiger partial charge in [-0.05, 0) is 56.0 Å². The first-order valence-corrected chi connectivity index (χ1v) is 10.7. The van der Waals surface area contributed by atoms with Crippen LogP contribution in [0.1, 0.15) is 37.7 Å². The summed E-state index contributed by atoms with van der Waals surface area (Å²) in [7, 11) is 0. The number of rotatable bonds is 4. The van der Waals surface area contributed by atoms with E-state index in [1.54, 1.807) is 6.08 Å². The standard InChI is InChI=1S/C23H27N3O2/c27-22-12-16-11-19(20-13-23(16,28-22)21-7-3-4-10-26(20)21)24-9-8-15-14-25-18-6-2-1-5-17(15)18/h1-2,5-6,12,14,19-21,24-25H,3-4,7-11,13H2/t19-,20-,21-,23-/m0/s1. The molecule has 3 fully saturated rings. The highest BCUT2D eigenvalue weighted by Gasteiger charge is 2.63. The van der Waals surface area contributed by atoms with Gasteiger partial charge in [0.25, 0.3) is 0 Å². The number of nitrogens with zero attached hydrogens (tertiary/aromatic N) is 1. The molecule has 0 amide bonds. The highest BCUT2D eigenvalue weighted by atomic mass is 16.6. The summed E-state index contributed by atoms with van der Waals surface area (Å²) < 4.78 is 5.97. The number of fused-ring (bicyclic) bond motifs is 4. The molecule has 3 aliphatic heterocycles. The number of ether oxygens (including phenoxy) is 1. The van der Waals surface area contributed by atoms with Crippen LogP contribution < -0.4 is 5.32 Å². The second-order valence-electron chi connectivity index (χ2n) is 8.88. The number of piperidine rings is 1. The summed E-state index contributed by atoms with van der Waals surface area (Å²) >= 11 is 0. The largest absolute Gasteiger partial charge is 0.450 e. The fraction of sp³-hybridized carbons (Fsp3) is 0.522. The molecule has 0 radical (unpaired) electrons. The summed E-state index contributed by atoms with van der Waals surface area (Å²) in [5.74, 6) is -0.124. The Morgan fingerprint density at radius 2 is 2.21 bits per heavy atom. The van der Waals surface area contributed by atoms with Crippen molar-refractivity contribution in [1.29, 1.82) is 0 Å². The Labute approximate surface area is 165 Å². The zero-order chi connectivity index (χ0) is 18.7. The van der Waals surface area contributed by atoms with Gasteiger partial charge in [0.1, 0.15) is 0 Å². The molecule has 1 aromatic heterocycles. The molecule has 1 spiro atoms. The molecular weight excluding hydrogens is 350 g/mol. The van der Waals surface area contributed by atoms with E-state index >= 15 is 0 Å². The number of hydrogen-bond donors (Lipinski definition) is 2. The lowest BCUT2D eigenvalue weighted by Gasteiger charge is -2.38. The SMILES string of the molecule is O=C1C=C2C[C@H](NCCc3c[nH]c4ccccc34)[C@@H]3C[C@@]2(O1)[C@@H]1CCCCN13. The first-order chi connectivity index (χ1) is 13.7. The van der Waals surface area contributed by atoms with Crippen molar-refractivity contribution in [1.82, 2.24) is 15.2 Å². The number of para-hydroxylation sites is 1. The third-order valence-corrected chi connectivity index (χ3v) is 7.52. The summed E-state index contributed by atoms with van der Waals surface area (Å²) in [6.45, 7) is 2.10. The van der Waals surface area contributed by atoms with E-state index < -0.39 is 0 Å². The lowest BCUT2D eigenvalue weighted by atomic mass is 9.75. The zero-order valence-corrected chi connectivity index (χ0v) is 16.1. The van der Waals surface area contributed by atoms with Crippen molar-refractivity contribution in [2.45, 2.75) is 62.3 Å². The van der Waals surface area contributed by atoms with Crippen LogP contribution in [0.2, 0.25) is 0 Å². The van der Waals surface area contributed by atoms with Gasteiger partial charge < -0.3 is 15.0 Å². The highest BCUT2D eigenvalue weighted by molar-refractivity contribution is 5.87. The van der Waals surface area contributed by atoms with Gasteiger partial charge >= 0.3 is 5.97 Å². The molecule has 2 bridgehead atoms. The monoisotopic (exact) mass is 377 g/mol. The summed E-state index contributed by atoms with van der Waals surface area (Å²) in [6.07, 6.45) is 10.5. The van der Waals surface area contributed by atoms with Gasteiger partial charge in [-0.25, -0.2) is 4.79 Å². The van der Waals surface area contributed by atoms with Crippen molar-refractivity contribution in [3.8, 4) is 0 Å². The van der Waals surface area contributed by atoms with E-state index in [1.807, 2.05) is 0 Å². The molecule has 0 unspecified atom stereocenters. The normalized spacial score (nSPS) is 34.2. The molecule has 5 nitrogen and oxygen atoms in total. The average molecular weight is 377 g/mol. The molecule has 2 saturated heterocycles. The summed E-state index contributed by atoms with van der Waals surface area (Å²) in [6, 6.07) is 9.78. The molecule has 4 aliphatic rings. The highest BCUT2D eigenvalue weighted by Crippen LogP contribution is 2.53. The predicted octanol–water partition coefficient (Wildman–Crippen LogP) is 2.92. The van der Waals surface area contributed by atoms with Gasteiger partial charge in [-0.1, -0.05) is 24.6 Å². The van der Waals surface area contributed by atoms with E-state index in [-0.39, 0.29) is 11.6 Å². The molecule has 6 rings (SSSR count). The zero-order valence-electron chi connectivity index (χ0n) is 16.1. The maximum Gasteiger partial charge on any atom is 0.331 e. The molecule has 1 saturated carbocycles. The number of hydrogen-bond acceptors (Lipinski definition) is 4. The molecule has 2 N–H and O–H groups in total. The second kappa shape index (κ2) is 6.19. The Bertz CT molecular complexity index is 964. The van der Waals surface area contributed by atoms with E-state index in [1.165, 1.54) is 34.9 Å². The number of benzene rings is 1. The van der Waals surface area contributed by atoms with Crippen molar-refractivity contribution >= 4 is 16.9 Å². The van der Waals surface area contributed by atoms with Gasteiger partial charge in [-0.2, -0.15) is 0 Å². The lowest BCUT2D eigenvalue weighted by Crippen LogP contribution is -2.50. The Kier molecular flexibility index (Phi) is 3.72. The summed E-state index contributed by atoms with van der Waals surface area (Å²) in [4.78, 5) is 18.2. The Morgan fingerprint density at radius 3 is 3.18 bits per heavy atom. The van der Waals surface area contributed by atoms with E-state index in [9.17, 15) is 4.79 Å². The minimum atomic E-state index is -0.308. The van der Waals surface area contributed by atoms with Gasteiger partial charge in [0, 0.05) is 41.7 Å². The number of aromatic amines is 1. The van der Waals surface area contributed by atoms with E-state index in [4.69, 9.17) is 4.74 Å². The molecule has 4 heterocycles. The molecular formula is C23H27N3O2. The fourth-order valence-corrected chi connectivity index (χ4v) is 6.33. The van der Waals surface area contributed by atoms with Crippen LogP contribution in [0.3, 0.4) is 0 Å². The van der Waals surface area contributed by atoms with Gasteiger partial charge in [-0.3, -0.25) is 4.90 Å². The van der Waals surface area contributed by atoms with Gasteiger partial charge in [0.2, 0.25) is 0 Å². The lowest BCUT2D eigenvalue weighted by molar-refractivity contribution is -0.148. The Balaban J connectivity index is 1.21. The van der Waals surface area contributed by atoms with Crippen molar-refractivity contribution in [3.63, 3.8) is 0 Å². The number of carbonyl (C=O) groups is 1. The molecule has 2 aromatic rings. The van der Waals surface area contributed by atoms with Crippen LogP contribution >= 0.6 is 0 Å². The minimum absolute atomic E-state index is 0.124. The quantitative estimate of drug-likeness (QED) is 0.805. The molecule has 4 atom stereocenters. The van der Waals surface area contributed by atoms with Crippen molar-refractivity contribution < 1.29 is 9.53 Å². The topological polar surface area (TPSA) is 57.4 Å². The van der Waals surface area contributed by atoms with Crippen LogP contribution in [-0.4, -0.2) is 52.7 Å². The van der Waals surface area contributed by atoms with Crippen LogP contribution in [0.15, 0.2) is 42.1 Å². The fourth-order valence-electron chi connectivity index (χ4n) is 6.33. The molecule has 1 aliphatic carbocycles. The van der Waals surface area contributed by atoms with Crippen LogP contribution in [0.4, 0.5) is 0 Å². The summed E-state index contributed by atoms with van der Waals surface area (Å²) in [5.41, 5.74) is 3.51. The molecule has 28 heavy (non-hydrogen) atoms. The molecule has 146 valence electrons. The van der Waals surface area contributed by atoms with E-state index in [0.717, 1.165) is 38.8 Å². The van der Waals surface area contributed by atoms with Gasteiger partial charge in [-0.15, -0.1) is 0 Å². The van der Waals surface area contributed by atoms with Gasteiger partial charge in [0.15, 0.2) is 5.60 Å². The second-order valence-corrected chi connectivity index (χ2v) is 8.88. The summed E-state index contributed by atoms with van der Waals surface area (Å²) in [5, 5.41) is 5.17. The number of esters is 1. The van der Waals surface area contributed by atoms with Crippen LogP contribution in [0, 0.1) is 0 Å². The maximum absolute atomic E-state index is 12.1. The van der Waals surface area contributed by atoms with Crippen LogP contribution in [0.5, 0.6) is 0 Å². The minimum Gasteiger partial charge on any atom is -0.450 e. The number of nitrogens with one attached hydrogen (secondary N) is 2. The van der Waals surface area contributed by atoms with Crippen molar-refractivity contribution in [3.05, 3.63) is 47.7 Å². The van der Waals surface area contributed by atoms with Crippen molar-refractivity contribution in [2.24, 2.45) is 0 Å². The Hall–Kier alpha value is -2.11. The molecule has 1 aromatic carbocycles.